The third kappa shape index (κ3) is 2.58. The molecule has 0 fully saturated rings. The van der Waals surface area contributed by atoms with Gasteiger partial charge < -0.3 is 15.1 Å². The van der Waals surface area contributed by atoms with E-state index < -0.39 is 0 Å². The molecular weight excluding hydrogens is 242 g/mol. The summed E-state index contributed by atoms with van der Waals surface area (Å²) in [5.41, 5.74) is 3.55. The van der Waals surface area contributed by atoms with E-state index in [2.05, 4.69) is 15.4 Å². The molecule has 0 radical (unpaired) electrons. The van der Waals surface area contributed by atoms with E-state index in [1.807, 2.05) is 42.2 Å². The molecule has 0 aliphatic carbocycles. The zero-order valence-electron chi connectivity index (χ0n) is 11.0. The van der Waals surface area contributed by atoms with Crippen LogP contribution >= 0.6 is 0 Å². The highest BCUT2D eigenvalue weighted by atomic mass is 16.5. The number of hydrogen-bond donors (Lipinski definition) is 2. The Balaban J connectivity index is 2.50. The molecule has 1 aromatic carbocycles. The number of aromatic nitrogens is 2. The highest BCUT2D eigenvalue weighted by Gasteiger charge is 2.17. The smallest absolute Gasteiger partial charge is 0.206 e. The lowest BCUT2D eigenvalue weighted by Gasteiger charge is -2.24. The molecule has 6 nitrogen and oxygen atoms in total. The second-order valence-corrected chi connectivity index (χ2v) is 3.80. The minimum Gasteiger partial charge on any atom is -0.490 e. The Kier molecular flexibility index (Phi) is 4.15. The molecule has 0 saturated heterocycles. The standard InChI is InChI=1S/C13H17N5O/c1-3-18(10-7-5-4-6-8-10)13-11(19-2)12(17-14)15-9-16-13/h4-9H,3,14H2,1-2H3,(H,15,16,17). The predicted octanol–water partition coefficient (Wildman–Crippen LogP) is 1.93. The average Bonchev–Trinajstić information content (AvgIpc) is 2.48. The van der Waals surface area contributed by atoms with Crippen molar-refractivity contribution in [1.82, 2.24) is 9.97 Å². The molecule has 0 saturated carbocycles. The van der Waals surface area contributed by atoms with Crippen LogP contribution in [0.3, 0.4) is 0 Å². The largest absolute Gasteiger partial charge is 0.490 e. The maximum Gasteiger partial charge on any atom is 0.206 e. The van der Waals surface area contributed by atoms with Crippen molar-refractivity contribution in [2.24, 2.45) is 5.84 Å². The van der Waals surface area contributed by atoms with Gasteiger partial charge in [-0.15, -0.1) is 0 Å². The molecule has 1 aromatic heterocycles. The van der Waals surface area contributed by atoms with E-state index in [-0.39, 0.29) is 0 Å². The Morgan fingerprint density at radius 3 is 2.58 bits per heavy atom. The number of nitrogens with two attached hydrogens (primary N) is 1. The lowest BCUT2D eigenvalue weighted by Crippen LogP contribution is -2.20. The molecule has 0 spiro atoms. The average molecular weight is 259 g/mol. The molecule has 19 heavy (non-hydrogen) atoms. The number of hydrogen-bond acceptors (Lipinski definition) is 6. The Labute approximate surface area is 112 Å². The summed E-state index contributed by atoms with van der Waals surface area (Å²) >= 11 is 0. The lowest BCUT2D eigenvalue weighted by atomic mass is 10.2. The first-order valence-corrected chi connectivity index (χ1v) is 6.00. The van der Waals surface area contributed by atoms with Crippen molar-refractivity contribution in [3.8, 4) is 5.75 Å². The normalized spacial score (nSPS) is 10.1. The van der Waals surface area contributed by atoms with Gasteiger partial charge in [0.25, 0.3) is 0 Å². The molecular formula is C13H17N5O. The number of nitrogen functional groups attached to an aromatic ring is 1. The van der Waals surface area contributed by atoms with Gasteiger partial charge in [-0.1, -0.05) is 18.2 Å². The van der Waals surface area contributed by atoms with Crippen LogP contribution in [0.25, 0.3) is 0 Å². The first-order chi connectivity index (χ1) is 9.31. The number of anilines is 3. The number of ether oxygens (including phenoxy) is 1. The number of benzene rings is 1. The van der Waals surface area contributed by atoms with Crippen LogP contribution in [-0.4, -0.2) is 23.6 Å². The maximum atomic E-state index is 5.44. The van der Waals surface area contributed by atoms with E-state index in [9.17, 15) is 0 Å². The highest BCUT2D eigenvalue weighted by molar-refractivity contribution is 5.71. The van der Waals surface area contributed by atoms with Crippen LogP contribution in [0.1, 0.15) is 6.92 Å². The van der Waals surface area contributed by atoms with Gasteiger partial charge in [-0.25, -0.2) is 15.8 Å². The molecule has 0 bridgehead atoms. The summed E-state index contributed by atoms with van der Waals surface area (Å²) in [5, 5.41) is 0. The fourth-order valence-electron chi connectivity index (χ4n) is 1.91. The van der Waals surface area contributed by atoms with Gasteiger partial charge in [0.15, 0.2) is 11.6 Å². The molecule has 3 N–H and O–H groups in total. The summed E-state index contributed by atoms with van der Waals surface area (Å²) in [4.78, 5) is 10.4. The molecule has 2 aromatic rings. The van der Waals surface area contributed by atoms with E-state index in [4.69, 9.17) is 10.6 Å². The number of hydrazine groups is 1. The van der Waals surface area contributed by atoms with Crippen LogP contribution in [0, 0.1) is 0 Å². The summed E-state index contributed by atoms with van der Waals surface area (Å²) in [6.07, 6.45) is 1.46. The molecule has 100 valence electrons. The summed E-state index contributed by atoms with van der Waals surface area (Å²) in [6.45, 7) is 2.80. The Morgan fingerprint density at radius 2 is 2.00 bits per heavy atom. The fraction of sp³-hybridized carbons (Fsp3) is 0.231. The SMILES string of the molecule is CCN(c1ccccc1)c1ncnc(NN)c1OC. The molecule has 0 amide bonds. The first kappa shape index (κ1) is 13.1. The lowest BCUT2D eigenvalue weighted by molar-refractivity contribution is 0.413. The van der Waals surface area contributed by atoms with E-state index >= 15 is 0 Å². The molecule has 0 atom stereocenters. The summed E-state index contributed by atoms with van der Waals surface area (Å²) in [5.74, 6) is 7.10. The van der Waals surface area contributed by atoms with Gasteiger partial charge in [0.05, 0.1) is 7.11 Å². The fourth-order valence-corrected chi connectivity index (χ4v) is 1.91. The van der Waals surface area contributed by atoms with Crippen molar-refractivity contribution in [3.63, 3.8) is 0 Å². The zero-order chi connectivity index (χ0) is 13.7. The van der Waals surface area contributed by atoms with Crippen LogP contribution in [0.4, 0.5) is 17.3 Å². The molecule has 0 unspecified atom stereocenters. The van der Waals surface area contributed by atoms with Gasteiger partial charge in [0.1, 0.15) is 6.33 Å². The van der Waals surface area contributed by atoms with Crippen LogP contribution in [0.2, 0.25) is 0 Å². The van der Waals surface area contributed by atoms with Crippen LogP contribution < -0.4 is 20.9 Å². The summed E-state index contributed by atoms with van der Waals surface area (Å²) < 4.78 is 5.36. The van der Waals surface area contributed by atoms with Gasteiger partial charge in [-0.2, -0.15) is 0 Å². The molecule has 2 rings (SSSR count). The third-order valence-corrected chi connectivity index (χ3v) is 2.77. The van der Waals surface area contributed by atoms with Crippen LogP contribution in [0.15, 0.2) is 36.7 Å². The van der Waals surface area contributed by atoms with E-state index in [1.165, 1.54) is 6.33 Å². The Morgan fingerprint density at radius 1 is 1.26 bits per heavy atom. The quantitative estimate of drug-likeness (QED) is 0.631. The zero-order valence-corrected chi connectivity index (χ0v) is 11.0. The summed E-state index contributed by atoms with van der Waals surface area (Å²) in [6, 6.07) is 9.96. The van der Waals surface area contributed by atoms with E-state index in [0.717, 1.165) is 12.2 Å². The summed E-state index contributed by atoms with van der Waals surface area (Å²) in [7, 11) is 1.57. The van der Waals surface area contributed by atoms with Crippen molar-refractivity contribution in [1.29, 1.82) is 0 Å². The van der Waals surface area contributed by atoms with Crippen molar-refractivity contribution in [2.75, 3.05) is 24.0 Å². The van der Waals surface area contributed by atoms with Gasteiger partial charge in [0.2, 0.25) is 5.75 Å². The third-order valence-electron chi connectivity index (χ3n) is 2.77. The Hall–Kier alpha value is -2.34. The van der Waals surface area contributed by atoms with Gasteiger partial charge in [0, 0.05) is 12.2 Å². The molecule has 1 heterocycles. The monoisotopic (exact) mass is 259 g/mol. The molecule has 0 aliphatic rings. The van der Waals surface area contributed by atoms with Crippen LogP contribution in [0.5, 0.6) is 5.75 Å². The van der Waals surface area contributed by atoms with Crippen molar-refractivity contribution >= 4 is 17.3 Å². The van der Waals surface area contributed by atoms with Crippen molar-refractivity contribution < 1.29 is 4.74 Å². The number of para-hydroxylation sites is 1. The van der Waals surface area contributed by atoms with Crippen molar-refractivity contribution in [3.05, 3.63) is 36.7 Å². The minimum absolute atomic E-state index is 0.460. The van der Waals surface area contributed by atoms with Gasteiger partial charge in [-0.3, -0.25) is 0 Å². The number of methoxy groups -OCH3 is 1. The molecule has 6 heteroatoms. The predicted molar refractivity (Wildman–Crippen MR) is 75.5 cm³/mol. The van der Waals surface area contributed by atoms with Gasteiger partial charge in [-0.05, 0) is 19.1 Å². The topological polar surface area (TPSA) is 76.3 Å². The maximum absolute atomic E-state index is 5.44. The van der Waals surface area contributed by atoms with E-state index in [1.54, 1.807) is 7.11 Å². The highest BCUT2D eigenvalue weighted by Crippen LogP contribution is 2.35. The molecule has 0 aliphatic heterocycles. The first-order valence-electron chi connectivity index (χ1n) is 6.00. The minimum atomic E-state index is 0.460. The second-order valence-electron chi connectivity index (χ2n) is 3.80. The Bertz CT molecular complexity index is 532. The van der Waals surface area contributed by atoms with Gasteiger partial charge >= 0.3 is 0 Å². The van der Waals surface area contributed by atoms with Crippen molar-refractivity contribution in [2.45, 2.75) is 6.92 Å². The number of rotatable bonds is 5. The second kappa shape index (κ2) is 6.01. The number of nitrogens with one attached hydrogen (secondary N) is 1. The van der Waals surface area contributed by atoms with Crippen LogP contribution in [-0.2, 0) is 0 Å². The number of nitrogens with zero attached hydrogens (tertiary/aromatic N) is 3. The van der Waals surface area contributed by atoms with E-state index in [0.29, 0.717) is 17.4 Å².